The van der Waals surface area contributed by atoms with Crippen molar-refractivity contribution >= 4 is 50.7 Å². The molecule has 182 valence electrons. The van der Waals surface area contributed by atoms with Crippen LogP contribution in [0.5, 0.6) is 5.75 Å². The summed E-state index contributed by atoms with van der Waals surface area (Å²) in [7, 11) is -2.62. The molecule has 0 aromatic heterocycles. The molecule has 2 aromatic carbocycles. The fourth-order valence-electron chi connectivity index (χ4n) is 5.15. The van der Waals surface area contributed by atoms with Crippen molar-refractivity contribution in [3.8, 4) is 5.75 Å². The SMILES string of the molecule is COc1ccccc1NS(=O)(=O)c1ccc(Cl)c(NC(=O)CN2C(=O)C3C4C=CC(C4)C3C2=O)c1. The number of hydrogen-bond donors (Lipinski definition) is 2. The third-order valence-corrected chi connectivity index (χ3v) is 8.43. The zero-order valence-electron chi connectivity index (χ0n) is 18.6. The zero-order valence-corrected chi connectivity index (χ0v) is 20.2. The highest BCUT2D eigenvalue weighted by molar-refractivity contribution is 7.92. The number of fused-ring (bicyclic) bond motifs is 5. The predicted molar refractivity (Wildman–Crippen MR) is 128 cm³/mol. The van der Waals surface area contributed by atoms with Crippen LogP contribution in [0.25, 0.3) is 0 Å². The largest absolute Gasteiger partial charge is 0.495 e. The van der Waals surface area contributed by atoms with E-state index in [0.29, 0.717) is 5.75 Å². The van der Waals surface area contributed by atoms with Crippen LogP contribution in [-0.2, 0) is 24.4 Å². The lowest BCUT2D eigenvalue weighted by Gasteiger charge is -2.17. The van der Waals surface area contributed by atoms with Crippen molar-refractivity contribution in [1.29, 1.82) is 0 Å². The van der Waals surface area contributed by atoms with Gasteiger partial charge in [0.25, 0.3) is 10.0 Å². The number of hydrogen-bond acceptors (Lipinski definition) is 6. The van der Waals surface area contributed by atoms with E-state index in [4.69, 9.17) is 16.3 Å². The van der Waals surface area contributed by atoms with Crippen molar-refractivity contribution in [2.75, 3.05) is 23.7 Å². The number of nitrogens with one attached hydrogen (secondary N) is 2. The molecule has 4 unspecified atom stereocenters. The van der Waals surface area contributed by atoms with Crippen molar-refractivity contribution < 1.29 is 27.5 Å². The summed E-state index contributed by atoms with van der Waals surface area (Å²) in [5, 5.41) is 2.64. The number of likely N-dealkylation sites (tertiary alicyclic amines) is 1. The molecule has 11 heteroatoms. The molecule has 2 aromatic rings. The number of anilines is 2. The van der Waals surface area contributed by atoms with Crippen LogP contribution in [0.1, 0.15) is 6.42 Å². The monoisotopic (exact) mass is 515 g/mol. The van der Waals surface area contributed by atoms with Crippen molar-refractivity contribution in [1.82, 2.24) is 4.90 Å². The van der Waals surface area contributed by atoms with Gasteiger partial charge in [0.05, 0.1) is 40.2 Å². The zero-order chi connectivity index (χ0) is 24.9. The van der Waals surface area contributed by atoms with Gasteiger partial charge >= 0.3 is 0 Å². The van der Waals surface area contributed by atoms with Gasteiger partial charge in [-0.15, -0.1) is 0 Å². The molecule has 2 fully saturated rings. The summed E-state index contributed by atoms with van der Waals surface area (Å²) in [6.07, 6.45) is 4.75. The Morgan fingerprint density at radius 3 is 2.37 bits per heavy atom. The molecule has 35 heavy (non-hydrogen) atoms. The molecular weight excluding hydrogens is 494 g/mol. The number of rotatable bonds is 7. The van der Waals surface area contributed by atoms with Crippen LogP contribution in [0.4, 0.5) is 11.4 Å². The number of allylic oxidation sites excluding steroid dienone is 2. The van der Waals surface area contributed by atoms with Gasteiger partial charge in [-0.25, -0.2) is 8.42 Å². The first-order chi connectivity index (χ1) is 16.7. The maximum atomic E-state index is 12.9. The van der Waals surface area contributed by atoms with Gasteiger partial charge < -0.3 is 10.1 Å². The van der Waals surface area contributed by atoms with Crippen molar-refractivity contribution in [3.05, 3.63) is 59.6 Å². The Hall–Kier alpha value is -3.37. The predicted octanol–water partition coefficient (Wildman–Crippen LogP) is 2.90. The maximum Gasteiger partial charge on any atom is 0.262 e. The summed E-state index contributed by atoms with van der Waals surface area (Å²) < 4.78 is 33.5. The lowest BCUT2D eigenvalue weighted by Crippen LogP contribution is -2.39. The lowest BCUT2D eigenvalue weighted by atomic mass is 9.85. The van der Waals surface area contributed by atoms with E-state index in [0.717, 1.165) is 11.3 Å². The summed E-state index contributed by atoms with van der Waals surface area (Å²) in [5.74, 6) is -1.70. The number of sulfonamides is 1. The molecule has 9 nitrogen and oxygen atoms in total. The molecule has 1 saturated carbocycles. The topological polar surface area (TPSA) is 122 Å². The standard InChI is InChI=1S/C24H22ClN3O6S/c1-34-19-5-3-2-4-17(19)27-35(32,33)15-8-9-16(25)18(11-15)26-20(29)12-28-23(30)21-13-6-7-14(10-13)22(21)24(28)31/h2-9,11,13-14,21-22,27H,10,12H2,1H3,(H,26,29). The first kappa shape index (κ1) is 23.4. The maximum absolute atomic E-state index is 12.9. The van der Waals surface area contributed by atoms with Crippen LogP contribution in [0.15, 0.2) is 59.5 Å². The van der Waals surface area contributed by atoms with E-state index in [1.807, 2.05) is 12.2 Å². The van der Waals surface area contributed by atoms with Gasteiger partial charge in [-0.3, -0.25) is 24.0 Å². The second kappa shape index (κ2) is 8.69. The summed E-state index contributed by atoms with van der Waals surface area (Å²) in [4.78, 5) is 39.2. The molecule has 3 aliphatic rings. The van der Waals surface area contributed by atoms with E-state index in [-0.39, 0.29) is 44.9 Å². The Morgan fingerprint density at radius 1 is 1.06 bits per heavy atom. The van der Waals surface area contributed by atoms with Gasteiger partial charge in [0.15, 0.2) is 0 Å². The molecule has 2 N–H and O–H groups in total. The van der Waals surface area contributed by atoms with E-state index in [1.54, 1.807) is 24.3 Å². The Morgan fingerprint density at radius 2 is 1.71 bits per heavy atom. The van der Waals surface area contributed by atoms with Crippen molar-refractivity contribution in [2.45, 2.75) is 11.3 Å². The number of benzene rings is 2. The molecular formula is C24H22ClN3O6S. The highest BCUT2D eigenvalue weighted by atomic mass is 35.5. The number of ether oxygens (including phenoxy) is 1. The fraction of sp³-hybridized carbons (Fsp3) is 0.292. The fourth-order valence-corrected chi connectivity index (χ4v) is 6.41. The molecule has 1 aliphatic heterocycles. The van der Waals surface area contributed by atoms with Gasteiger partial charge in [-0.2, -0.15) is 0 Å². The van der Waals surface area contributed by atoms with Gasteiger partial charge in [0, 0.05) is 0 Å². The van der Waals surface area contributed by atoms with Crippen LogP contribution in [-0.4, -0.2) is 44.7 Å². The Labute approximate surface area is 207 Å². The lowest BCUT2D eigenvalue weighted by molar-refractivity contribution is -0.143. The molecule has 2 bridgehead atoms. The quantitative estimate of drug-likeness (QED) is 0.432. The Kier molecular flexibility index (Phi) is 5.80. The molecule has 4 atom stereocenters. The van der Waals surface area contributed by atoms with Crippen LogP contribution in [0.3, 0.4) is 0 Å². The molecule has 2 aliphatic carbocycles. The molecule has 1 heterocycles. The normalized spacial score (nSPS) is 24.6. The minimum absolute atomic E-state index is 0.0422. The number of para-hydroxylation sites is 2. The molecule has 5 rings (SSSR count). The highest BCUT2D eigenvalue weighted by Gasteiger charge is 2.59. The van der Waals surface area contributed by atoms with Gasteiger partial charge in [0.1, 0.15) is 12.3 Å². The number of carbonyl (C=O) groups excluding carboxylic acids is 3. The Balaban J connectivity index is 1.31. The Bertz CT molecular complexity index is 1350. The van der Waals surface area contributed by atoms with Gasteiger partial charge in [-0.1, -0.05) is 35.9 Å². The third-order valence-electron chi connectivity index (χ3n) is 6.74. The second-order valence-corrected chi connectivity index (χ2v) is 10.8. The number of carbonyl (C=O) groups is 3. The second-order valence-electron chi connectivity index (χ2n) is 8.76. The molecule has 3 amide bonds. The van der Waals surface area contributed by atoms with Crippen LogP contribution in [0.2, 0.25) is 5.02 Å². The number of nitrogens with zero attached hydrogens (tertiary/aromatic N) is 1. The average molecular weight is 516 g/mol. The third kappa shape index (κ3) is 4.06. The van der Waals surface area contributed by atoms with E-state index < -0.39 is 34.3 Å². The van der Waals surface area contributed by atoms with Gasteiger partial charge in [-0.05, 0) is 48.6 Å². The van der Waals surface area contributed by atoms with E-state index in [1.165, 1.54) is 25.3 Å². The minimum Gasteiger partial charge on any atom is -0.495 e. The number of halogens is 1. The van der Waals surface area contributed by atoms with Crippen LogP contribution >= 0.6 is 11.6 Å². The smallest absolute Gasteiger partial charge is 0.262 e. The average Bonchev–Trinajstić information content (AvgIpc) is 3.51. The van der Waals surface area contributed by atoms with E-state index in [2.05, 4.69) is 10.0 Å². The molecule has 0 spiro atoms. The summed E-state index contributed by atoms with van der Waals surface area (Å²) in [6, 6.07) is 10.4. The first-order valence-electron chi connectivity index (χ1n) is 11.0. The van der Waals surface area contributed by atoms with Crippen LogP contribution in [0, 0.1) is 23.7 Å². The van der Waals surface area contributed by atoms with Crippen molar-refractivity contribution in [2.24, 2.45) is 23.7 Å². The summed E-state index contributed by atoms with van der Waals surface area (Å²) in [6.45, 7) is -0.461. The van der Waals surface area contributed by atoms with Gasteiger partial charge in [0.2, 0.25) is 17.7 Å². The number of methoxy groups -OCH3 is 1. The van der Waals surface area contributed by atoms with E-state index >= 15 is 0 Å². The van der Waals surface area contributed by atoms with Crippen LogP contribution < -0.4 is 14.8 Å². The number of imide groups is 1. The number of amides is 3. The highest BCUT2D eigenvalue weighted by Crippen LogP contribution is 2.52. The summed E-state index contributed by atoms with van der Waals surface area (Å²) >= 11 is 6.19. The minimum atomic E-state index is -4.04. The van der Waals surface area contributed by atoms with E-state index in [9.17, 15) is 22.8 Å². The summed E-state index contributed by atoms with van der Waals surface area (Å²) in [5.41, 5.74) is 0.288. The molecule has 0 radical (unpaired) electrons. The first-order valence-corrected chi connectivity index (χ1v) is 12.8. The molecule has 1 saturated heterocycles. The van der Waals surface area contributed by atoms with Crippen molar-refractivity contribution in [3.63, 3.8) is 0 Å².